The summed E-state index contributed by atoms with van der Waals surface area (Å²) in [5, 5.41) is 9.65. The summed E-state index contributed by atoms with van der Waals surface area (Å²) >= 11 is 1.29. The molecule has 1 aliphatic rings. The summed E-state index contributed by atoms with van der Waals surface area (Å²) in [5.74, 6) is 0.0570. The number of piperazine rings is 1. The molecule has 1 aromatic carbocycles. The Hall–Kier alpha value is -2.59. The zero-order chi connectivity index (χ0) is 17.6. The van der Waals surface area contributed by atoms with E-state index >= 15 is 0 Å². The Labute approximate surface area is 150 Å². The predicted molar refractivity (Wildman–Crippen MR) is 94.9 cm³/mol. The molecule has 0 radical (unpaired) electrons. The van der Waals surface area contributed by atoms with Gasteiger partial charge in [0.2, 0.25) is 5.91 Å². The lowest BCUT2D eigenvalue weighted by Gasteiger charge is -2.36. The Bertz CT molecular complexity index is 782. The number of carbonyl (C=O) groups is 1. The summed E-state index contributed by atoms with van der Waals surface area (Å²) in [6.45, 7) is 2.69. The standard InChI is InChI=1S/C18H17FN4OS/c19-15-3-5-16(6-4-15)22-8-10-23(11-9-22)17(24)13-25-18-14(12-20)2-1-7-21-18/h1-7H,8-11,13H2. The van der Waals surface area contributed by atoms with Crippen LogP contribution in [-0.2, 0) is 4.79 Å². The van der Waals surface area contributed by atoms with Gasteiger partial charge in [-0.1, -0.05) is 11.8 Å². The first-order valence-corrected chi connectivity index (χ1v) is 8.92. The summed E-state index contributed by atoms with van der Waals surface area (Å²) in [5.41, 5.74) is 1.46. The molecule has 7 heteroatoms. The highest BCUT2D eigenvalue weighted by molar-refractivity contribution is 7.99. The van der Waals surface area contributed by atoms with E-state index in [4.69, 9.17) is 5.26 Å². The van der Waals surface area contributed by atoms with Gasteiger partial charge in [0.05, 0.1) is 11.3 Å². The number of pyridine rings is 1. The topological polar surface area (TPSA) is 60.2 Å². The number of benzene rings is 1. The highest BCUT2D eigenvalue weighted by Gasteiger charge is 2.21. The Morgan fingerprint density at radius 1 is 1.20 bits per heavy atom. The molecule has 1 aliphatic heterocycles. The van der Waals surface area contributed by atoms with Gasteiger partial charge in [0.15, 0.2) is 0 Å². The van der Waals surface area contributed by atoms with E-state index in [1.165, 1.54) is 23.9 Å². The van der Waals surface area contributed by atoms with E-state index < -0.39 is 0 Å². The number of nitriles is 1. The second-order valence-electron chi connectivity index (χ2n) is 5.60. The summed E-state index contributed by atoms with van der Waals surface area (Å²) in [7, 11) is 0. The van der Waals surface area contributed by atoms with Gasteiger partial charge in [-0.15, -0.1) is 0 Å². The van der Waals surface area contributed by atoms with Gasteiger partial charge >= 0.3 is 0 Å². The fourth-order valence-electron chi connectivity index (χ4n) is 2.68. The molecule has 25 heavy (non-hydrogen) atoms. The number of hydrogen-bond acceptors (Lipinski definition) is 5. The van der Waals surface area contributed by atoms with Crippen molar-refractivity contribution in [1.82, 2.24) is 9.88 Å². The van der Waals surface area contributed by atoms with E-state index in [0.717, 1.165) is 18.8 Å². The molecular formula is C18H17FN4OS. The minimum atomic E-state index is -0.249. The zero-order valence-corrected chi connectivity index (χ0v) is 14.4. The first kappa shape index (κ1) is 17.2. The van der Waals surface area contributed by atoms with Crippen molar-refractivity contribution >= 4 is 23.4 Å². The second-order valence-corrected chi connectivity index (χ2v) is 6.56. The van der Waals surface area contributed by atoms with Gasteiger partial charge in [-0.2, -0.15) is 5.26 Å². The molecule has 1 fully saturated rings. The third-order valence-corrected chi connectivity index (χ3v) is 5.04. The van der Waals surface area contributed by atoms with Crippen LogP contribution in [0.1, 0.15) is 5.56 Å². The fourth-order valence-corrected chi connectivity index (χ4v) is 3.53. The first-order chi connectivity index (χ1) is 12.2. The average molecular weight is 356 g/mol. The maximum Gasteiger partial charge on any atom is 0.233 e. The summed E-state index contributed by atoms with van der Waals surface area (Å²) in [4.78, 5) is 20.5. The van der Waals surface area contributed by atoms with Crippen LogP contribution < -0.4 is 4.90 Å². The number of amides is 1. The van der Waals surface area contributed by atoms with Crippen LogP contribution in [-0.4, -0.2) is 47.7 Å². The number of nitrogens with zero attached hydrogens (tertiary/aromatic N) is 4. The lowest BCUT2D eigenvalue weighted by atomic mass is 10.2. The molecule has 0 bridgehead atoms. The second kappa shape index (κ2) is 7.99. The van der Waals surface area contributed by atoms with E-state index in [9.17, 15) is 9.18 Å². The molecule has 5 nitrogen and oxygen atoms in total. The lowest BCUT2D eigenvalue weighted by molar-refractivity contribution is -0.128. The van der Waals surface area contributed by atoms with Crippen molar-refractivity contribution in [3.8, 4) is 6.07 Å². The van der Waals surface area contributed by atoms with Gasteiger partial charge in [-0.3, -0.25) is 4.79 Å². The van der Waals surface area contributed by atoms with E-state index in [1.54, 1.807) is 30.5 Å². The number of hydrogen-bond donors (Lipinski definition) is 0. The minimum Gasteiger partial charge on any atom is -0.368 e. The van der Waals surface area contributed by atoms with Gasteiger partial charge < -0.3 is 9.80 Å². The Morgan fingerprint density at radius 3 is 2.60 bits per heavy atom. The molecule has 1 saturated heterocycles. The van der Waals surface area contributed by atoms with E-state index in [0.29, 0.717) is 23.7 Å². The molecule has 2 heterocycles. The van der Waals surface area contributed by atoms with Crippen molar-refractivity contribution in [1.29, 1.82) is 5.26 Å². The normalized spacial score (nSPS) is 14.2. The molecule has 1 amide bonds. The third kappa shape index (κ3) is 4.28. The molecule has 0 saturated carbocycles. The van der Waals surface area contributed by atoms with Crippen molar-refractivity contribution in [2.24, 2.45) is 0 Å². The number of halogens is 1. The highest BCUT2D eigenvalue weighted by atomic mass is 32.2. The maximum atomic E-state index is 13.0. The molecule has 0 aliphatic carbocycles. The summed E-state index contributed by atoms with van der Waals surface area (Å²) in [6.07, 6.45) is 1.62. The fraction of sp³-hybridized carbons (Fsp3) is 0.278. The van der Waals surface area contributed by atoms with E-state index in [2.05, 4.69) is 16.0 Å². The quantitative estimate of drug-likeness (QED) is 0.788. The summed E-state index contributed by atoms with van der Waals surface area (Å²) in [6, 6.07) is 11.9. The van der Waals surface area contributed by atoms with Crippen molar-refractivity contribution in [2.75, 3.05) is 36.8 Å². The molecule has 0 N–H and O–H groups in total. The van der Waals surface area contributed by atoms with E-state index in [1.807, 2.05) is 4.90 Å². The van der Waals surface area contributed by atoms with Gasteiger partial charge in [0.1, 0.15) is 16.9 Å². The number of aromatic nitrogens is 1. The largest absolute Gasteiger partial charge is 0.368 e. The van der Waals surface area contributed by atoms with Crippen molar-refractivity contribution in [2.45, 2.75) is 5.03 Å². The Kier molecular flexibility index (Phi) is 5.51. The van der Waals surface area contributed by atoms with Crippen LogP contribution in [0.15, 0.2) is 47.6 Å². The van der Waals surface area contributed by atoms with Crippen LogP contribution >= 0.6 is 11.8 Å². The van der Waals surface area contributed by atoms with Crippen LogP contribution in [0.3, 0.4) is 0 Å². The van der Waals surface area contributed by atoms with Gasteiger partial charge in [0.25, 0.3) is 0 Å². The van der Waals surface area contributed by atoms with Crippen LogP contribution in [0.25, 0.3) is 0 Å². The molecular weight excluding hydrogens is 339 g/mol. The van der Waals surface area contributed by atoms with Crippen LogP contribution in [0, 0.1) is 17.1 Å². The van der Waals surface area contributed by atoms with Gasteiger partial charge in [-0.25, -0.2) is 9.37 Å². The van der Waals surface area contributed by atoms with Crippen LogP contribution in [0.2, 0.25) is 0 Å². The molecule has 2 aromatic rings. The Balaban J connectivity index is 1.51. The molecule has 0 unspecified atom stereocenters. The number of thioether (sulfide) groups is 1. The monoisotopic (exact) mass is 356 g/mol. The van der Waals surface area contributed by atoms with Gasteiger partial charge in [-0.05, 0) is 36.4 Å². The smallest absolute Gasteiger partial charge is 0.233 e. The van der Waals surface area contributed by atoms with E-state index in [-0.39, 0.29) is 17.5 Å². The van der Waals surface area contributed by atoms with Crippen LogP contribution in [0.4, 0.5) is 10.1 Å². The maximum absolute atomic E-state index is 13.0. The summed E-state index contributed by atoms with van der Waals surface area (Å²) < 4.78 is 13.0. The predicted octanol–water partition coefficient (Wildman–Crippen LogP) is 2.53. The molecule has 3 rings (SSSR count). The average Bonchev–Trinajstić information content (AvgIpc) is 2.67. The minimum absolute atomic E-state index is 0.0401. The first-order valence-electron chi connectivity index (χ1n) is 7.93. The van der Waals surface area contributed by atoms with Crippen molar-refractivity contribution < 1.29 is 9.18 Å². The van der Waals surface area contributed by atoms with Gasteiger partial charge in [0, 0.05) is 38.1 Å². The highest BCUT2D eigenvalue weighted by Crippen LogP contribution is 2.21. The molecule has 0 atom stereocenters. The number of carbonyl (C=O) groups excluding carboxylic acids is 1. The SMILES string of the molecule is N#Cc1cccnc1SCC(=O)N1CCN(c2ccc(F)cc2)CC1. The number of rotatable bonds is 4. The van der Waals surface area contributed by atoms with Crippen LogP contribution in [0.5, 0.6) is 0 Å². The molecule has 1 aromatic heterocycles. The zero-order valence-electron chi connectivity index (χ0n) is 13.6. The van der Waals surface area contributed by atoms with Crippen molar-refractivity contribution in [3.05, 3.63) is 54.0 Å². The molecule has 128 valence electrons. The molecule has 0 spiro atoms. The van der Waals surface area contributed by atoms with Crippen molar-refractivity contribution in [3.63, 3.8) is 0 Å². The lowest BCUT2D eigenvalue weighted by Crippen LogP contribution is -2.49. The number of anilines is 1. The Morgan fingerprint density at radius 2 is 1.92 bits per heavy atom. The third-order valence-electron chi connectivity index (χ3n) is 4.05.